The van der Waals surface area contributed by atoms with Crippen LogP contribution in [0.3, 0.4) is 0 Å². The molecule has 0 fully saturated rings. The predicted octanol–water partition coefficient (Wildman–Crippen LogP) is 3.69. The Kier molecular flexibility index (Phi) is 5.53. The zero-order valence-electron chi connectivity index (χ0n) is 16.4. The van der Waals surface area contributed by atoms with E-state index in [0.29, 0.717) is 10.7 Å². The van der Waals surface area contributed by atoms with Gasteiger partial charge in [0.1, 0.15) is 23.5 Å². The van der Waals surface area contributed by atoms with Gasteiger partial charge in [-0.2, -0.15) is 0 Å². The van der Waals surface area contributed by atoms with Crippen LogP contribution in [0, 0.1) is 6.92 Å². The van der Waals surface area contributed by atoms with Gasteiger partial charge in [0.05, 0.1) is 29.6 Å². The number of ether oxygens (including phenoxy) is 1. The molecule has 0 bridgehead atoms. The molecule has 0 atom stereocenters. The van der Waals surface area contributed by atoms with Gasteiger partial charge in [-0.05, 0) is 30.7 Å². The molecule has 0 amide bonds. The van der Waals surface area contributed by atoms with Crippen molar-refractivity contribution >= 4 is 34.3 Å². The number of esters is 1. The van der Waals surface area contributed by atoms with Crippen LogP contribution in [0.2, 0.25) is 0 Å². The number of carbonyl (C=O) groups is 1. The fraction of sp³-hybridized carbons (Fsp3) is 0.143. The number of nitrogens with one attached hydrogen (secondary N) is 1. The second-order valence-electron chi connectivity index (χ2n) is 6.47. The van der Waals surface area contributed by atoms with E-state index in [2.05, 4.69) is 20.2 Å². The first-order valence-corrected chi connectivity index (χ1v) is 10.1. The highest BCUT2D eigenvalue weighted by Crippen LogP contribution is 2.26. The van der Waals surface area contributed by atoms with Gasteiger partial charge >= 0.3 is 5.97 Å². The molecule has 0 spiro atoms. The number of para-hydroxylation sites is 3. The number of aromatic nitrogens is 5. The molecular formula is C21H19N5O3S. The first-order valence-electron chi connectivity index (χ1n) is 9.13. The smallest absolute Gasteiger partial charge is 0.345 e. The van der Waals surface area contributed by atoms with Crippen LogP contribution >= 0.6 is 11.8 Å². The number of aliphatic hydroxyl groups excluding tert-OH is 1. The largest absolute Gasteiger partial charge is 0.510 e. The molecule has 0 radical (unpaired) electrons. The van der Waals surface area contributed by atoms with Crippen molar-refractivity contribution in [2.45, 2.75) is 12.1 Å². The maximum absolute atomic E-state index is 12.4. The number of aryl methyl sites for hydroxylation is 1. The van der Waals surface area contributed by atoms with Gasteiger partial charge in [0.15, 0.2) is 5.16 Å². The number of imidazole rings is 1. The maximum atomic E-state index is 12.4. The summed E-state index contributed by atoms with van der Waals surface area (Å²) in [5.41, 5.74) is 3.45. The molecule has 0 aliphatic carbocycles. The van der Waals surface area contributed by atoms with Crippen molar-refractivity contribution in [2.75, 3.05) is 12.9 Å². The molecule has 4 aromatic rings. The predicted molar refractivity (Wildman–Crippen MR) is 114 cm³/mol. The fourth-order valence-corrected chi connectivity index (χ4v) is 3.85. The molecule has 8 nitrogen and oxygen atoms in total. The quantitative estimate of drug-likeness (QED) is 0.212. The summed E-state index contributed by atoms with van der Waals surface area (Å²) >= 11 is 1.26. The lowest BCUT2D eigenvalue weighted by Crippen LogP contribution is -2.10. The van der Waals surface area contributed by atoms with Crippen molar-refractivity contribution in [2.24, 2.45) is 0 Å². The Labute approximate surface area is 176 Å². The van der Waals surface area contributed by atoms with Gasteiger partial charge in [0.2, 0.25) is 0 Å². The molecule has 4 rings (SSSR count). The molecule has 0 aliphatic heterocycles. The molecule has 9 heteroatoms. The van der Waals surface area contributed by atoms with E-state index in [1.165, 1.54) is 18.9 Å². The number of nitrogens with zero attached hydrogens (tertiary/aromatic N) is 4. The van der Waals surface area contributed by atoms with Crippen LogP contribution in [0.5, 0.6) is 0 Å². The van der Waals surface area contributed by atoms with Gasteiger partial charge in [0, 0.05) is 0 Å². The standard InChI is InChI=1S/C21H19N5O3S/c1-13-7-3-6-10-16(13)26-12-22-25-21(26)30-11-17(27)18(20(28)29-2)19-23-14-8-4-5-9-15(14)24-19/h3-10,12,27H,11H2,1-2H3,(H,23,24)/b18-17+. The molecule has 0 unspecified atom stereocenters. The van der Waals surface area contributed by atoms with Crippen LogP contribution in [0.25, 0.3) is 22.3 Å². The number of methoxy groups -OCH3 is 1. The van der Waals surface area contributed by atoms with Crippen molar-refractivity contribution in [3.05, 3.63) is 72.0 Å². The summed E-state index contributed by atoms with van der Waals surface area (Å²) < 4.78 is 6.71. The number of hydrogen-bond acceptors (Lipinski definition) is 7. The number of rotatable bonds is 6. The number of benzene rings is 2. The van der Waals surface area contributed by atoms with Crippen molar-refractivity contribution in [3.63, 3.8) is 0 Å². The summed E-state index contributed by atoms with van der Waals surface area (Å²) in [7, 11) is 1.26. The second-order valence-corrected chi connectivity index (χ2v) is 7.42. The average molecular weight is 421 g/mol. The molecule has 2 aromatic carbocycles. The summed E-state index contributed by atoms with van der Waals surface area (Å²) in [6.45, 7) is 2.00. The molecule has 2 aromatic heterocycles. The van der Waals surface area contributed by atoms with Crippen LogP contribution in [0.1, 0.15) is 11.4 Å². The van der Waals surface area contributed by atoms with Gasteiger partial charge in [-0.3, -0.25) is 4.57 Å². The molecule has 30 heavy (non-hydrogen) atoms. The molecular weight excluding hydrogens is 402 g/mol. The molecule has 2 heterocycles. The third kappa shape index (κ3) is 3.79. The minimum Gasteiger partial charge on any atom is -0.510 e. The molecule has 2 N–H and O–H groups in total. The molecule has 0 saturated heterocycles. The van der Waals surface area contributed by atoms with Gasteiger partial charge in [-0.1, -0.05) is 42.1 Å². The third-order valence-corrected chi connectivity index (χ3v) is 5.49. The van der Waals surface area contributed by atoms with E-state index in [0.717, 1.165) is 16.8 Å². The summed E-state index contributed by atoms with van der Waals surface area (Å²) in [6, 6.07) is 15.2. The summed E-state index contributed by atoms with van der Waals surface area (Å²) in [5, 5.41) is 19.5. The van der Waals surface area contributed by atoms with Crippen LogP contribution in [-0.2, 0) is 9.53 Å². The van der Waals surface area contributed by atoms with Crippen molar-refractivity contribution < 1.29 is 14.6 Å². The van der Waals surface area contributed by atoms with Crippen molar-refractivity contribution in [1.82, 2.24) is 24.7 Å². The van der Waals surface area contributed by atoms with Gasteiger partial charge in [-0.25, -0.2) is 9.78 Å². The van der Waals surface area contributed by atoms with Crippen LogP contribution in [-0.4, -0.2) is 48.7 Å². The van der Waals surface area contributed by atoms with E-state index >= 15 is 0 Å². The van der Waals surface area contributed by atoms with Crippen LogP contribution < -0.4 is 0 Å². The van der Waals surface area contributed by atoms with E-state index < -0.39 is 5.97 Å². The van der Waals surface area contributed by atoms with Gasteiger partial charge in [0.25, 0.3) is 0 Å². The molecule has 152 valence electrons. The minimum absolute atomic E-state index is 0.0110. The zero-order valence-corrected chi connectivity index (χ0v) is 17.2. The van der Waals surface area contributed by atoms with E-state index in [1.807, 2.05) is 60.0 Å². The lowest BCUT2D eigenvalue weighted by molar-refractivity contribution is -0.133. The Morgan fingerprint density at radius 1 is 1.20 bits per heavy atom. The Morgan fingerprint density at radius 3 is 2.73 bits per heavy atom. The third-order valence-electron chi connectivity index (χ3n) is 4.53. The number of fused-ring (bicyclic) bond motifs is 1. The van der Waals surface area contributed by atoms with Gasteiger partial charge < -0.3 is 14.8 Å². The highest BCUT2D eigenvalue weighted by atomic mass is 32.2. The number of aliphatic hydroxyl groups is 1. The average Bonchev–Trinajstić information content (AvgIpc) is 3.39. The maximum Gasteiger partial charge on any atom is 0.345 e. The Balaban J connectivity index is 1.65. The van der Waals surface area contributed by atoms with Crippen molar-refractivity contribution in [1.29, 1.82) is 0 Å². The topological polar surface area (TPSA) is 106 Å². The zero-order chi connectivity index (χ0) is 21.1. The second kappa shape index (κ2) is 8.42. The Bertz CT molecular complexity index is 1210. The number of H-pyrrole nitrogens is 1. The Morgan fingerprint density at radius 2 is 1.97 bits per heavy atom. The molecule has 0 aliphatic rings. The highest BCUT2D eigenvalue weighted by molar-refractivity contribution is 7.99. The minimum atomic E-state index is -0.674. The Hall–Kier alpha value is -3.59. The number of thioether (sulfide) groups is 1. The first-order chi connectivity index (χ1) is 14.6. The highest BCUT2D eigenvalue weighted by Gasteiger charge is 2.23. The first kappa shape index (κ1) is 19.7. The van der Waals surface area contributed by atoms with E-state index in [4.69, 9.17) is 4.74 Å². The lowest BCUT2D eigenvalue weighted by atomic mass is 10.2. The lowest BCUT2D eigenvalue weighted by Gasteiger charge is -2.10. The number of carbonyl (C=O) groups excluding carboxylic acids is 1. The normalized spacial score (nSPS) is 12.1. The van der Waals surface area contributed by atoms with E-state index in [1.54, 1.807) is 6.33 Å². The fourth-order valence-electron chi connectivity index (χ4n) is 3.05. The van der Waals surface area contributed by atoms with E-state index in [-0.39, 0.29) is 22.9 Å². The summed E-state index contributed by atoms with van der Waals surface area (Å²) in [6.07, 6.45) is 1.62. The summed E-state index contributed by atoms with van der Waals surface area (Å²) in [4.78, 5) is 19.8. The molecule has 0 saturated carbocycles. The number of hydrogen-bond donors (Lipinski definition) is 2. The van der Waals surface area contributed by atoms with Crippen LogP contribution in [0.4, 0.5) is 0 Å². The number of aromatic amines is 1. The monoisotopic (exact) mass is 421 g/mol. The SMILES string of the molecule is COC(=O)/C(=C(/O)CSc1nncn1-c1ccccc1C)c1nc2ccccc2[nH]1. The van der Waals surface area contributed by atoms with Gasteiger partial charge in [-0.15, -0.1) is 10.2 Å². The van der Waals surface area contributed by atoms with Crippen molar-refractivity contribution in [3.8, 4) is 5.69 Å². The van der Waals surface area contributed by atoms with Crippen LogP contribution in [0.15, 0.2) is 65.8 Å². The van der Waals surface area contributed by atoms with E-state index in [9.17, 15) is 9.90 Å². The summed E-state index contributed by atoms with van der Waals surface area (Å²) in [5.74, 6) is -0.495.